The third-order valence-corrected chi connectivity index (χ3v) is 4.87. The molecule has 9 heteroatoms. The molecule has 1 aromatic heterocycles. The molecule has 0 unspecified atom stereocenters. The van der Waals surface area contributed by atoms with Crippen molar-refractivity contribution in [3.63, 3.8) is 0 Å². The molecule has 1 aromatic carbocycles. The molecule has 1 aliphatic rings. The Labute approximate surface area is 194 Å². The van der Waals surface area contributed by atoms with E-state index in [4.69, 9.17) is 9.47 Å². The second kappa shape index (κ2) is 11.5. The molecular formula is C23H29ClN4O4. The number of fused-ring (bicyclic) bond motifs is 1. The van der Waals surface area contributed by atoms with E-state index in [-0.39, 0.29) is 24.2 Å². The molecule has 0 bridgehead atoms. The number of anilines is 1. The third kappa shape index (κ3) is 6.21. The number of carbonyl (C=O) groups is 2. The average molecular weight is 461 g/mol. The van der Waals surface area contributed by atoms with Crippen LogP contribution in [0.25, 0.3) is 6.08 Å². The molecule has 3 rings (SSSR count). The Balaban J connectivity index is 0.00000363. The Kier molecular flexibility index (Phi) is 9.04. The van der Waals surface area contributed by atoms with Gasteiger partial charge in [0, 0.05) is 43.5 Å². The van der Waals surface area contributed by atoms with Gasteiger partial charge in [0.2, 0.25) is 11.8 Å². The minimum absolute atomic E-state index is 0. The molecule has 0 aliphatic carbocycles. The normalized spacial score (nSPS) is 13.6. The lowest BCUT2D eigenvalue weighted by Gasteiger charge is -2.19. The number of carbonyl (C=O) groups excluding carboxylic acids is 2. The summed E-state index contributed by atoms with van der Waals surface area (Å²) in [6.07, 6.45) is 4.89. The molecule has 1 aliphatic heterocycles. The molecule has 0 spiro atoms. The highest BCUT2D eigenvalue weighted by atomic mass is 35.5. The van der Waals surface area contributed by atoms with Crippen LogP contribution in [0.5, 0.6) is 11.5 Å². The summed E-state index contributed by atoms with van der Waals surface area (Å²) in [5.74, 6) is 1.63. The highest BCUT2D eigenvalue weighted by molar-refractivity contribution is 5.93. The van der Waals surface area contributed by atoms with Crippen LogP contribution in [0, 0.1) is 0 Å². The Morgan fingerprint density at radius 3 is 2.84 bits per heavy atom. The van der Waals surface area contributed by atoms with Crippen LogP contribution in [0.2, 0.25) is 0 Å². The van der Waals surface area contributed by atoms with Crippen molar-refractivity contribution in [3.05, 3.63) is 53.2 Å². The molecule has 1 N–H and O–H groups in total. The highest BCUT2D eigenvalue weighted by Crippen LogP contribution is 2.31. The van der Waals surface area contributed by atoms with Crippen LogP contribution in [0.3, 0.4) is 0 Å². The topological polar surface area (TPSA) is 84.0 Å². The lowest BCUT2D eigenvalue weighted by Crippen LogP contribution is -2.26. The maximum atomic E-state index is 12.7. The number of hydrogen-bond acceptors (Lipinski definition) is 6. The molecule has 2 heterocycles. The van der Waals surface area contributed by atoms with Crippen molar-refractivity contribution in [2.75, 3.05) is 39.7 Å². The number of aromatic nitrogens is 1. The van der Waals surface area contributed by atoms with Crippen LogP contribution in [-0.4, -0.2) is 61.0 Å². The summed E-state index contributed by atoms with van der Waals surface area (Å²) in [4.78, 5) is 32.3. The van der Waals surface area contributed by atoms with Gasteiger partial charge in [-0.3, -0.25) is 14.5 Å². The highest BCUT2D eigenvalue weighted by Gasteiger charge is 2.18. The van der Waals surface area contributed by atoms with Crippen LogP contribution < -0.4 is 14.8 Å². The van der Waals surface area contributed by atoms with E-state index in [1.165, 1.54) is 6.08 Å². The van der Waals surface area contributed by atoms with Crippen molar-refractivity contribution in [1.29, 1.82) is 0 Å². The lowest BCUT2D eigenvalue weighted by molar-refractivity contribution is -0.125. The largest absolute Gasteiger partial charge is 0.493 e. The minimum Gasteiger partial charge on any atom is -0.493 e. The van der Waals surface area contributed by atoms with Gasteiger partial charge in [0.25, 0.3) is 0 Å². The summed E-state index contributed by atoms with van der Waals surface area (Å²) >= 11 is 0. The van der Waals surface area contributed by atoms with Crippen LogP contribution in [0.4, 0.5) is 5.82 Å². The number of ether oxygens (including phenoxy) is 2. The molecule has 8 nitrogen and oxygen atoms in total. The number of halogens is 1. The summed E-state index contributed by atoms with van der Waals surface area (Å²) in [5, 5.41) is 2.80. The van der Waals surface area contributed by atoms with E-state index >= 15 is 0 Å². The maximum absolute atomic E-state index is 12.7. The summed E-state index contributed by atoms with van der Waals surface area (Å²) in [6.45, 7) is 3.72. The maximum Gasteiger partial charge on any atom is 0.246 e. The molecule has 0 atom stereocenters. The zero-order valence-electron chi connectivity index (χ0n) is 18.8. The standard InChI is InChI=1S/C23H28N4O4.ClH/c1-5-31-22-17(7-6-8-19(22)30-4)14-27(3)21(29)10-9-16-11-18-13-26(2)15-20(28)25-23(18)24-12-16;/h6-12H,5,13-15H2,1-4H3,(H,24,25,28);1H. The number of nitrogens with zero attached hydrogens (tertiary/aromatic N) is 3. The number of para-hydroxylation sites is 1. The predicted molar refractivity (Wildman–Crippen MR) is 126 cm³/mol. The van der Waals surface area contributed by atoms with Gasteiger partial charge in [-0.1, -0.05) is 12.1 Å². The van der Waals surface area contributed by atoms with E-state index in [2.05, 4.69) is 10.3 Å². The number of amides is 2. The van der Waals surface area contributed by atoms with Gasteiger partial charge in [-0.25, -0.2) is 4.98 Å². The smallest absolute Gasteiger partial charge is 0.246 e. The van der Waals surface area contributed by atoms with Gasteiger partial charge in [0.05, 0.1) is 20.3 Å². The van der Waals surface area contributed by atoms with Crippen molar-refractivity contribution in [2.45, 2.75) is 20.0 Å². The van der Waals surface area contributed by atoms with E-state index in [1.54, 1.807) is 31.3 Å². The zero-order chi connectivity index (χ0) is 22.4. The fraction of sp³-hybridized carbons (Fsp3) is 0.348. The van der Waals surface area contributed by atoms with E-state index < -0.39 is 0 Å². The number of nitrogens with one attached hydrogen (secondary N) is 1. The van der Waals surface area contributed by atoms with Crippen molar-refractivity contribution < 1.29 is 19.1 Å². The van der Waals surface area contributed by atoms with Gasteiger partial charge in [-0.05, 0) is 37.7 Å². The zero-order valence-corrected chi connectivity index (χ0v) is 19.6. The predicted octanol–water partition coefficient (Wildman–Crippen LogP) is 2.97. The second-order valence-corrected chi connectivity index (χ2v) is 7.41. The van der Waals surface area contributed by atoms with E-state index in [9.17, 15) is 9.59 Å². The third-order valence-electron chi connectivity index (χ3n) is 4.87. The van der Waals surface area contributed by atoms with E-state index in [1.807, 2.05) is 43.1 Å². The number of methoxy groups -OCH3 is 1. The molecule has 0 fully saturated rings. The fourth-order valence-corrected chi connectivity index (χ4v) is 3.40. The summed E-state index contributed by atoms with van der Waals surface area (Å²) in [7, 11) is 5.21. The fourth-order valence-electron chi connectivity index (χ4n) is 3.40. The molecule has 2 aromatic rings. The van der Waals surface area contributed by atoms with Gasteiger partial charge in [-0.2, -0.15) is 0 Å². The Morgan fingerprint density at radius 1 is 1.34 bits per heavy atom. The van der Waals surface area contributed by atoms with Crippen molar-refractivity contribution in [1.82, 2.24) is 14.8 Å². The monoisotopic (exact) mass is 460 g/mol. The van der Waals surface area contributed by atoms with Gasteiger partial charge >= 0.3 is 0 Å². The van der Waals surface area contributed by atoms with Crippen LogP contribution in [0.15, 0.2) is 36.5 Å². The first-order valence-electron chi connectivity index (χ1n) is 10.1. The summed E-state index contributed by atoms with van der Waals surface area (Å²) in [5.41, 5.74) is 2.58. The number of benzene rings is 1. The van der Waals surface area contributed by atoms with Crippen molar-refractivity contribution in [3.8, 4) is 11.5 Å². The Hall–Kier alpha value is -3.10. The van der Waals surface area contributed by atoms with Crippen LogP contribution >= 0.6 is 12.4 Å². The van der Waals surface area contributed by atoms with E-state index in [0.29, 0.717) is 43.6 Å². The van der Waals surface area contributed by atoms with Crippen molar-refractivity contribution >= 4 is 36.1 Å². The van der Waals surface area contributed by atoms with E-state index in [0.717, 1.165) is 16.7 Å². The first kappa shape index (κ1) is 25.2. The molecule has 0 radical (unpaired) electrons. The van der Waals surface area contributed by atoms with Crippen LogP contribution in [0.1, 0.15) is 23.6 Å². The number of pyridine rings is 1. The summed E-state index contributed by atoms with van der Waals surface area (Å²) in [6, 6.07) is 7.56. The summed E-state index contributed by atoms with van der Waals surface area (Å²) < 4.78 is 11.1. The van der Waals surface area contributed by atoms with Gasteiger partial charge in [-0.15, -0.1) is 12.4 Å². The molecule has 32 heavy (non-hydrogen) atoms. The first-order valence-corrected chi connectivity index (χ1v) is 10.1. The van der Waals surface area contributed by atoms with Gasteiger partial charge < -0.3 is 19.7 Å². The molecule has 172 valence electrons. The SMILES string of the molecule is CCOc1c(CN(C)C(=O)C=Cc2cnc3c(c2)CN(C)CC(=O)N3)cccc1OC.Cl. The average Bonchev–Trinajstić information content (AvgIpc) is 2.88. The number of rotatable bonds is 7. The molecule has 0 saturated carbocycles. The second-order valence-electron chi connectivity index (χ2n) is 7.41. The van der Waals surface area contributed by atoms with Crippen molar-refractivity contribution in [2.24, 2.45) is 0 Å². The van der Waals surface area contributed by atoms with Gasteiger partial charge in [0.15, 0.2) is 11.5 Å². The first-order chi connectivity index (χ1) is 14.9. The Bertz CT molecular complexity index is 996. The molecule has 2 amide bonds. The number of hydrogen-bond donors (Lipinski definition) is 1. The molecule has 0 saturated heterocycles. The lowest BCUT2D eigenvalue weighted by atomic mass is 10.1. The Morgan fingerprint density at radius 2 is 2.12 bits per heavy atom. The molecular weight excluding hydrogens is 432 g/mol. The van der Waals surface area contributed by atoms with Crippen LogP contribution in [-0.2, 0) is 22.7 Å². The number of likely N-dealkylation sites (N-methyl/N-ethyl adjacent to an activating group) is 2. The van der Waals surface area contributed by atoms with Gasteiger partial charge in [0.1, 0.15) is 5.82 Å². The minimum atomic E-state index is -0.148. The quantitative estimate of drug-likeness (QED) is 0.639.